The van der Waals surface area contributed by atoms with E-state index in [9.17, 15) is 0 Å². The molecule has 0 spiro atoms. The highest BCUT2D eigenvalue weighted by molar-refractivity contribution is 5.13. The van der Waals surface area contributed by atoms with Crippen molar-refractivity contribution in [1.82, 2.24) is 14.9 Å². The van der Waals surface area contributed by atoms with E-state index in [0.29, 0.717) is 0 Å². The first-order valence-electron chi connectivity index (χ1n) is 6.75. The molecule has 0 aromatic carbocycles. The highest BCUT2D eigenvalue weighted by atomic mass is 15.2. The zero-order chi connectivity index (χ0) is 13.2. The molecule has 18 heavy (non-hydrogen) atoms. The topological polar surface area (TPSA) is 55.0 Å². The summed E-state index contributed by atoms with van der Waals surface area (Å²) in [5, 5.41) is 0. The van der Waals surface area contributed by atoms with Crippen LogP contribution in [0.4, 0.5) is 0 Å². The van der Waals surface area contributed by atoms with Gasteiger partial charge in [0.25, 0.3) is 0 Å². The molecule has 0 radical (unpaired) electrons. The first kappa shape index (κ1) is 13.4. The van der Waals surface area contributed by atoms with Crippen molar-refractivity contribution in [2.24, 2.45) is 11.7 Å². The molecular formula is C14H24N4. The maximum atomic E-state index is 6.52. The van der Waals surface area contributed by atoms with E-state index < -0.39 is 0 Å². The Hall–Kier alpha value is -1.00. The summed E-state index contributed by atoms with van der Waals surface area (Å²) in [7, 11) is 4.27. The fraction of sp³-hybridized carbons (Fsp3) is 0.714. The molecule has 4 nitrogen and oxygen atoms in total. The largest absolute Gasteiger partial charge is 0.321 e. The third-order valence-corrected chi connectivity index (χ3v) is 4.38. The van der Waals surface area contributed by atoms with E-state index in [1.54, 1.807) is 18.6 Å². The van der Waals surface area contributed by atoms with E-state index in [2.05, 4.69) is 35.9 Å². The zero-order valence-corrected chi connectivity index (χ0v) is 11.6. The molecule has 1 aliphatic rings. The highest BCUT2D eigenvalue weighted by Gasteiger charge is 2.43. The van der Waals surface area contributed by atoms with Crippen LogP contribution in [-0.4, -0.2) is 34.5 Å². The van der Waals surface area contributed by atoms with E-state index in [1.807, 2.05) is 0 Å². The Kier molecular flexibility index (Phi) is 3.97. The minimum Gasteiger partial charge on any atom is -0.321 e. The third-order valence-electron chi connectivity index (χ3n) is 4.38. The summed E-state index contributed by atoms with van der Waals surface area (Å²) in [4.78, 5) is 10.8. The minimum absolute atomic E-state index is 0.0215. The smallest absolute Gasteiger partial charge is 0.0772 e. The molecule has 100 valence electrons. The van der Waals surface area contributed by atoms with Gasteiger partial charge in [-0.3, -0.25) is 9.97 Å². The molecule has 0 amide bonds. The molecule has 1 fully saturated rings. The average molecular weight is 248 g/mol. The van der Waals surface area contributed by atoms with Gasteiger partial charge in [-0.05, 0) is 32.9 Å². The number of hydrogen-bond donors (Lipinski definition) is 1. The van der Waals surface area contributed by atoms with Crippen molar-refractivity contribution >= 4 is 0 Å². The van der Waals surface area contributed by atoms with Gasteiger partial charge in [-0.1, -0.05) is 19.8 Å². The maximum absolute atomic E-state index is 6.52. The van der Waals surface area contributed by atoms with E-state index in [4.69, 9.17) is 5.73 Å². The summed E-state index contributed by atoms with van der Waals surface area (Å²) in [6, 6.07) is -0.0658. The van der Waals surface area contributed by atoms with Crippen molar-refractivity contribution in [3.8, 4) is 0 Å². The Bertz CT molecular complexity index is 379. The van der Waals surface area contributed by atoms with Crippen molar-refractivity contribution < 1.29 is 0 Å². The summed E-state index contributed by atoms with van der Waals surface area (Å²) in [5.41, 5.74) is 7.45. The molecule has 1 saturated carbocycles. The second kappa shape index (κ2) is 5.33. The predicted molar refractivity (Wildman–Crippen MR) is 73.0 cm³/mol. The lowest BCUT2D eigenvalue weighted by Crippen LogP contribution is -2.55. The molecule has 4 heteroatoms. The number of likely N-dealkylation sites (N-methyl/N-ethyl adjacent to an activating group) is 1. The molecule has 3 unspecified atom stereocenters. The van der Waals surface area contributed by atoms with Crippen LogP contribution >= 0.6 is 0 Å². The molecule has 0 saturated heterocycles. The number of rotatable bonds is 3. The highest BCUT2D eigenvalue weighted by Crippen LogP contribution is 2.42. The van der Waals surface area contributed by atoms with Gasteiger partial charge in [-0.25, -0.2) is 0 Å². The minimum atomic E-state index is -0.0658. The molecule has 1 heterocycles. The van der Waals surface area contributed by atoms with Gasteiger partial charge in [0.2, 0.25) is 0 Å². The molecule has 2 N–H and O–H groups in total. The van der Waals surface area contributed by atoms with Crippen LogP contribution in [0, 0.1) is 5.92 Å². The van der Waals surface area contributed by atoms with E-state index in [-0.39, 0.29) is 11.6 Å². The zero-order valence-electron chi connectivity index (χ0n) is 11.6. The van der Waals surface area contributed by atoms with Gasteiger partial charge in [0.15, 0.2) is 0 Å². The molecular weight excluding hydrogens is 224 g/mol. The van der Waals surface area contributed by atoms with Gasteiger partial charge in [-0.15, -0.1) is 0 Å². The van der Waals surface area contributed by atoms with Crippen LogP contribution in [0.5, 0.6) is 0 Å². The maximum Gasteiger partial charge on any atom is 0.0772 e. The number of nitrogens with zero attached hydrogens (tertiary/aromatic N) is 3. The molecule has 2 rings (SSSR count). The van der Waals surface area contributed by atoms with Crippen LogP contribution < -0.4 is 5.73 Å². The van der Waals surface area contributed by atoms with Crippen molar-refractivity contribution in [2.75, 3.05) is 14.1 Å². The van der Waals surface area contributed by atoms with Crippen molar-refractivity contribution in [3.05, 3.63) is 24.3 Å². The van der Waals surface area contributed by atoms with Crippen LogP contribution in [0.3, 0.4) is 0 Å². The first-order valence-corrected chi connectivity index (χ1v) is 6.75. The van der Waals surface area contributed by atoms with E-state index in [1.165, 1.54) is 12.8 Å². The van der Waals surface area contributed by atoms with Crippen molar-refractivity contribution in [1.29, 1.82) is 0 Å². The van der Waals surface area contributed by atoms with Gasteiger partial charge < -0.3 is 10.6 Å². The van der Waals surface area contributed by atoms with Crippen molar-refractivity contribution in [3.63, 3.8) is 0 Å². The molecule has 1 aromatic rings. The first-order chi connectivity index (χ1) is 8.56. The standard InChI is InChI=1S/C14H24N4/c1-11-5-4-6-14(9-11,18(2)3)13(15)12-10-16-7-8-17-12/h7-8,10-11,13H,4-6,9,15H2,1-3H3. The fourth-order valence-corrected chi connectivity index (χ4v) is 3.28. The second-order valence-electron chi connectivity index (χ2n) is 5.81. The normalized spacial score (nSPS) is 30.4. The lowest BCUT2D eigenvalue weighted by Gasteiger charge is -2.48. The lowest BCUT2D eigenvalue weighted by molar-refractivity contribution is 0.0485. The Balaban J connectivity index is 2.30. The van der Waals surface area contributed by atoms with Crippen molar-refractivity contribution in [2.45, 2.75) is 44.2 Å². The molecule has 3 atom stereocenters. The van der Waals surface area contributed by atoms with Gasteiger partial charge in [0, 0.05) is 17.9 Å². The molecule has 0 bridgehead atoms. The summed E-state index contributed by atoms with van der Waals surface area (Å²) in [5.74, 6) is 0.726. The summed E-state index contributed by atoms with van der Waals surface area (Å²) >= 11 is 0. The van der Waals surface area contributed by atoms with Crippen LogP contribution in [0.1, 0.15) is 44.3 Å². The Morgan fingerprint density at radius 1 is 1.44 bits per heavy atom. The Labute approximate surface area is 110 Å². The quantitative estimate of drug-likeness (QED) is 0.888. The molecule has 0 aliphatic heterocycles. The number of aromatic nitrogens is 2. The Morgan fingerprint density at radius 2 is 2.22 bits per heavy atom. The molecule has 1 aromatic heterocycles. The average Bonchev–Trinajstić information content (AvgIpc) is 2.38. The van der Waals surface area contributed by atoms with Crippen LogP contribution in [0.2, 0.25) is 0 Å². The molecule has 1 aliphatic carbocycles. The number of nitrogens with two attached hydrogens (primary N) is 1. The number of hydrogen-bond acceptors (Lipinski definition) is 4. The van der Waals surface area contributed by atoms with E-state index >= 15 is 0 Å². The van der Waals surface area contributed by atoms with Crippen LogP contribution in [0.15, 0.2) is 18.6 Å². The SMILES string of the molecule is CC1CCCC(C(N)c2cnccn2)(N(C)C)C1. The fourth-order valence-electron chi connectivity index (χ4n) is 3.28. The second-order valence-corrected chi connectivity index (χ2v) is 5.81. The van der Waals surface area contributed by atoms with Gasteiger partial charge >= 0.3 is 0 Å². The lowest BCUT2D eigenvalue weighted by atomic mass is 9.71. The van der Waals surface area contributed by atoms with Gasteiger partial charge in [-0.2, -0.15) is 0 Å². The van der Waals surface area contributed by atoms with Gasteiger partial charge in [0.05, 0.1) is 17.9 Å². The summed E-state index contributed by atoms with van der Waals surface area (Å²) in [6.45, 7) is 2.32. The predicted octanol–water partition coefficient (Wildman–Crippen LogP) is 1.99. The summed E-state index contributed by atoms with van der Waals surface area (Å²) < 4.78 is 0. The monoisotopic (exact) mass is 248 g/mol. The third kappa shape index (κ3) is 2.40. The van der Waals surface area contributed by atoms with E-state index in [0.717, 1.165) is 24.5 Å². The van der Waals surface area contributed by atoms with Crippen LogP contribution in [0.25, 0.3) is 0 Å². The summed E-state index contributed by atoms with van der Waals surface area (Å²) in [6.07, 6.45) is 10.1. The van der Waals surface area contributed by atoms with Crippen LogP contribution in [-0.2, 0) is 0 Å². The van der Waals surface area contributed by atoms with Gasteiger partial charge in [0.1, 0.15) is 0 Å². The Morgan fingerprint density at radius 3 is 2.78 bits per heavy atom.